The number of hydrogen-bond acceptors (Lipinski definition) is 31. The second-order valence-corrected chi connectivity index (χ2v) is 27.6. The standard InChI is InChI=1S/C60H108N6O27S2.C3H9NS.Au/c1-7-11-13-33(56(82)65-18-21-94-5)24-34(57(83)66-19-22-95-6)23-32(10-4)55(81)64-17-16-63-40(67)30-85-53-39(26-84-20-9-3)93-59(52(80)50(53)78)88-28-37-45(73)48(76)51(79)58(91-37)87-29-38-46(74)49(77)54(86-31-41(68)62-15-14-61-25-42(69)70)60(92-38)89-27-36-44(72)47(75)43(71)35(90-36)12-8-2;1-5-3-2-4;/h32-39,43-54,58-61,71-80H,7-31H2,1-6H3,(H,62,68)(H,63,67)(H,64,81)(H,65,82)(H,66,83)(H,69,70);2-4H2,1H3;. The number of aliphatic carboxylic acids is 1. The first kappa shape index (κ1) is 94.8. The molecule has 0 aromatic heterocycles. The van der Waals surface area contributed by atoms with E-state index in [9.17, 15) is 79.8 Å². The van der Waals surface area contributed by atoms with Crippen molar-refractivity contribution >= 4 is 70.8 Å². The van der Waals surface area contributed by atoms with Crippen LogP contribution < -0.4 is 37.6 Å². The minimum atomic E-state index is -1.97. The third kappa shape index (κ3) is 33.4. The molecule has 0 aliphatic carbocycles. The predicted molar refractivity (Wildman–Crippen MR) is 367 cm³/mol. The van der Waals surface area contributed by atoms with E-state index in [0.29, 0.717) is 50.9 Å². The first-order chi connectivity index (χ1) is 47.9. The van der Waals surface area contributed by atoms with Gasteiger partial charge in [0.1, 0.15) is 111 Å². The number of carboxylic acids is 1. The van der Waals surface area contributed by atoms with Crippen LogP contribution in [0, 0.1) is 17.8 Å². The van der Waals surface area contributed by atoms with Crippen molar-refractivity contribution < 1.29 is 155 Å². The minimum absolute atomic E-state index is 0. The summed E-state index contributed by atoms with van der Waals surface area (Å²) in [5.41, 5.74) is 5.12. The first-order valence-corrected chi connectivity index (χ1v) is 38.6. The largest absolute Gasteiger partial charge is 0.480 e. The van der Waals surface area contributed by atoms with Gasteiger partial charge in [-0.05, 0) is 57.3 Å². The molecule has 1 radical (unpaired) electrons. The summed E-state index contributed by atoms with van der Waals surface area (Å²) in [5, 5.41) is 136. The molecule has 19 N–H and O–H groups in total. The number of nitrogens with two attached hydrogens (primary N) is 1. The molecule has 101 heavy (non-hydrogen) atoms. The molecule has 4 rings (SSSR count). The Balaban J connectivity index is 0.00000557. The molecule has 595 valence electrons. The number of unbranched alkanes of at least 4 members (excludes halogenated alkanes) is 1. The molecular weight excluding hydrogens is 1580 g/mol. The quantitative estimate of drug-likeness (QED) is 0.0201. The van der Waals surface area contributed by atoms with E-state index in [2.05, 4.69) is 31.9 Å². The summed E-state index contributed by atoms with van der Waals surface area (Å²) in [7, 11) is 0. The van der Waals surface area contributed by atoms with Gasteiger partial charge in [0.25, 0.3) is 0 Å². The summed E-state index contributed by atoms with van der Waals surface area (Å²) in [6, 6.07) is 0. The summed E-state index contributed by atoms with van der Waals surface area (Å²) >= 11 is 4.97. The van der Waals surface area contributed by atoms with Gasteiger partial charge < -0.3 is 141 Å². The number of rotatable bonds is 48. The van der Waals surface area contributed by atoms with Crippen LogP contribution in [0.5, 0.6) is 0 Å². The van der Waals surface area contributed by atoms with E-state index >= 15 is 0 Å². The van der Waals surface area contributed by atoms with Crippen LogP contribution in [0.2, 0.25) is 0 Å². The van der Waals surface area contributed by atoms with Gasteiger partial charge in [-0.25, -0.2) is 0 Å². The van der Waals surface area contributed by atoms with E-state index in [1.165, 1.54) is 0 Å². The molecule has 34 nitrogen and oxygen atoms in total. The molecule has 23 unspecified atom stereocenters. The number of aliphatic hydroxyl groups is 10. The topological polar surface area (TPSA) is 515 Å². The van der Waals surface area contributed by atoms with Crippen molar-refractivity contribution in [2.45, 2.75) is 208 Å². The van der Waals surface area contributed by atoms with Gasteiger partial charge >= 0.3 is 5.97 Å². The van der Waals surface area contributed by atoms with E-state index in [1.54, 1.807) is 35.3 Å². The van der Waals surface area contributed by atoms with Gasteiger partial charge in [-0.15, -0.1) is 0 Å². The van der Waals surface area contributed by atoms with Gasteiger partial charge in [0.05, 0.1) is 39.1 Å². The molecule has 4 heterocycles. The van der Waals surface area contributed by atoms with Crippen LogP contribution in [0.3, 0.4) is 0 Å². The Morgan fingerprint density at radius 3 is 1.43 bits per heavy atom. The molecule has 0 aromatic carbocycles. The van der Waals surface area contributed by atoms with Crippen LogP contribution in [0.4, 0.5) is 0 Å². The maximum Gasteiger partial charge on any atom is 0.317 e. The molecule has 0 saturated carbocycles. The number of thioether (sulfide) groups is 3. The number of ether oxygens (including phenoxy) is 10. The number of hydrogen-bond donors (Lipinski definition) is 18. The van der Waals surface area contributed by atoms with Crippen LogP contribution in [0.25, 0.3) is 0 Å². The molecule has 38 heteroatoms. The summed E-state index contributed by atoms with van der Waals surface area (Å²) in [5.74, 6) is -2.22. The van der Waals surface area contributed by atoms with Crippen LogP contribution in [0.1, 0.15) is 85.5 Å². The second kappa shape index (κ2) is 53.5. The van der Waals surface area contributed by atoms with Crippen molar-refractivity contribution in [2.24, 2.45) is 23.5 Å². The zero-order chi connectivity index (χ0) is 74.3. The van der Waals surface area contributed by atoms with Gasteiger partial charge in [0.15, 0.2) is 18.9 Å². The molecule has 4 aliphatic heterocycles. The maximum atomic E-state index is 13.6. The Hall–Kier alpha value is -2.27. The predicted octanol–water partition coefficient (Wildman–Crippen LogP) is -4.90. The normalized spacial score (nSPS) is 30.5. The van der Waals surface area contributed by atoms with Crippen LogP contribution in [-0.4, -0.2) is 349 Å². The fourth-order valence-electron chi connectivity index (χ4n) is 11.2. The van der Waals surface area contributed by atoms with Gasteiger partial charge in [0, 0.05) is 110 Å². The average Bonchev–Trinajstić information content (AvgIpc) is 0.809. The van der Waals surface area contributed by atoms with Crippen molar-refractivity contribution in [3.63, 3.8) is 0 Å². The summed E-state index contributed by atoms with van der Waals surface area (Å²) in [6.07, 6.45) is -22.2. The average molecular weight is 1700 g/mol. The molecule has 23 atom stereocenters. The zero-order valence-corrected chi connectivity index (χ0v) is 63.5. The minimum Gasteiger partial charge on any atom is -0.480 e. The number of amides is 5. The van der Waals surface area contributed by atoms with E-state index in [0.717, 1.165) is 30.9 Å². The van der Waals surface area contributed by atoms with Crippen molar-refractivity contribution in [1.82, 2.24) is 31.9 Å². The summed E-state index contributed by atoms with van der Waals surface area (Å²) in [4.78, 5) is 77.2. The third-order valence-electron chi connectivity index (χ3n) is 16.9. The maximum absolute atomic E-state index is 13.6. The molecule has 4 fully saturated rings. The van der Waals surface area contributed by atoms with Crippen LogP contribution in [-0.2, 0) is 98.5 Å². The zero-order valence-electron chi connectivity index (χ0n) is 58.9. The Labute approximate surface area is 620 Å². The van der Waals surface area contributed by atoms with E-state index in [1.807, 2.05) is 46.5 Å². The Morgan fingerprint density at radius 2 is 0.901 bits per heavy atom. The number of carbonyl (C=O) groups excluding carboxylic acids is 5. The van der Waals surface area contributed by atoms with Crippen LogP contribution in [0.15, 0.2) is 0 Å². The van der Waals surface area contributed by atoms with Crippen molar-refractivity contribution in [3.05, 3.63) is 0 Å². The van der Waals surface area contributed by atoms with E-state index < -0.39 is 191 Å². The third-order valence-corrected chi connectivity index (χ3v) is 18.8. The van der Waals surface area contributed by atoms with E-state index in [4.69, 9.17) is 58.2 Å². The molecular formula is C63H117AuN7O27S3. The Bertz CT molecular complexity index is 2300. The smallest absolute Gasteiger partial charge is 0.317 e. The molecule has 4 aliphatic rings. The molecule has 0 aromatic rings. The fourth-order valence-corrected chi connectivity index (χ4v) is 12.1. The SMILES string of the molecule is CCCCC(CC(CC(CC)C(=O)NCCNC(=O)COC1C(COCCC)OC(OCC2OC(OCC3OC(OCC4OC(CCC)C(O)C(O)C4O)C(OCC(=O)NCCNCC(=O)O)C(O)C3O)C(O)C(O)C2O)C(O)C1O)C(=O)NCCSC)C(=O)NCCSC.CSCCN.[Au]. The monoisotopic (exact) mass is 1700 g/mol. The van der Waals surface area contributed by atoms with Crippen molar-refractivity contribution in [1.29, 1.82) is 0 Å². The second-order valence-electron chi connectivity index (χ2n) is 24.7. The molecule has 5 amide bonds. The van der Waals surface area contributed by atoms with Gasteiger partial charge in [-0.1, -0.05) is 47.0 Å². The first-order valence-electron chi connectivity index (χ1n) is 34.4. The molecule has 4 saturated heterocycles. The number of carboxylic acid groups (broad SMARTS) is 1. The molecule has 0 spiro atoms. The van der Waals surface area contributed by atoms with Gasteiger partial charge in [0.2, 0.25) is 29.5 Å². The van der Waals surface area contributed by atoms with Gasteiger partial charge in [-0.3, -0.25) is 28.8 Å². The Kier molecular flexibility index (Phi) is 50.2. The number of nitrogens with one attached hydrogen (secondary N) is 6. The summed E-state index contributed by atoms with van der Waals surface area (Å²) < 4.78 is 58.4. The van der Waals surface area contributed by atoms with Gasteiger partial charge in [-0.2, -0.15) is 35.3 Å². The van der Waals surface area contributed by atoms with E-state index in [-0.39, 0.29) is 98.9 Å². The Morgan fingerprint density at radius 1 is 0.455 bits per heavy atom. The van der Waals surface area contributed by atoms with Crippen molar-refractivity contribution in [2.75, 3.05) is 135 Å². The fraction of sp³-hybridized carbons (Fsp3) is 0.905. The van der Waals surface area contributed by atoms with Crippen LogP contribution >= 0.6 is 35.3 Å². The molecule has 0 bridgehead atoms. The number of carbonyl (C=O) groups is 6. The number of aliphatic hydroxyl groups excluding tert-OH is 10. The summed E-state index contributed by atoms with van der Waals surface area (Å²) in [6.45, 7) is 5.60. The van der Waals surface area contributed by atoms with Crippen molar-refractivity contribution in [3.8, 4) is 0 Å².